The lowest BCUT2D eigenvalue weighted by Crippen LogP contribution is -2.50. The Bertz CT molecular complexity index is 1160. The SMILES string of the molecule is Cc1cccc(Nc2nc(Nc3ccc(N4CCN(C(N)=O)CC4)cc3)ncc2C(N)=O)c1. The highest BCUT2D eigenvalue weighted by atomic mass is 16.2. The predicted molar refractivity (Wildman–Crippen MR) is 128 cm³/mol. The Hall–Kier alpha value is -4.34. The normalized spacial score (nSPS) is 13.5. The largest absolute Gasteiger partial charge is 0.368 e. The molecule has 2 aromatic carbocycles. The first-order valence-corrected chi connectivity index (χ1v) is 10.6. The van der Waals surface area contributed by atoms with E-state index in [1.54, 1.807) is 4.90 Å². The maximum absolute atomic E-state index is 11.8. The van der Waals surface area contributed by atoms with Gasteiger partial charge in [0.25, 0.3) is 5.91 Å². The number of hydrogen-bond donors (Lipinski definition) is 4. The molecule has 170 valence electrons. The lowest BCUT2D eigenvalue weighted by molar-refractivity contribution is 0.100. The fraction of sp³-hybridized carbons (Fsp3) is 0.217. The molecule has 3 amide bonds. The van der Waals surface area contributed by atoms with Crippen molar-refractivity contribution in [2.24, 2.45) is 11.5 Å². The van der Waals surface area contributed by atoms with Crippen LogP contribution < -0.4 is 27.0 Å². The maximum atomic E-state index is 11.8. The number of nitrogens with one attached hydrogen (secondary N) is 2. The van der Waals surface area contributed by atoms with Crippen LogP contribution in [0.1, 0.15) is 15.9 Å². The molecule has 0 unspecified atom stereocenters. The number of aromatic nitrogens is 2. The first-order valence-electron chi connectivity index (χ1n) is 10.6. The first-order chi connectivity index (χ1) is 15.9. The van der Waals surface area contributed by atoms with Gasteiger partial charge in [0, 0.05) is 49.4 Å². The van der Waals surface area contributed by atoms with Crippen LogP contribution in [-0.4, -0.2) is 53.0 Å². The molecule has 1 aliphatic rings. The minimum atomic E-state index is -0.613. The average molecular weight is 447 g/mol. The summed E-state index contributed by atoms with van der Waals surface area (Å²) in [6, 6.07) is 15.2. The van der Waals surface area contributed by atoms with Gasteiger partial charge < -0.3 is 31.9 Å². The molecule has 10 nitrogen and oxygen atoms in total. The Labute approximate surface area is 191 Å². The molecule has 0 saturated carbocycles. The predicted octanol–water partition coefficient (Wildman–Crippen LogP) is 2.57. The van der Waals surface area contributed by atoms with Crippen molar-refractivity contribution in [3.63, 3.8) is 0 Å². The molecule has 33 heavy (non-hydrogen) atoms. The van der Waals surface area contributed by atoms with Crippen LogP contribution >= 0.6 is 0 Å². The van der Waals surface area contributed by atoms with E-state index in [-0.39, 0.29) is 11.6 Å². The van der Waals surface area contributed by atoms with Crippen molar-refractivity contribution < 1.29 is 9.59 Å². The van der Waals surface area contributed by atoms with Gasteiger partial charge in [-0.05, 0) is 48.9 Å². The fourth-order valence-electron chi connectivity index (χ4n) is 3.65. The third kappa shape index (κ3) is 5.29. The number of carbonyl (C=O) groups is 2. The van der Waals surface area contributed by atoms with Crippen LogP contribution in [0.3, 0.4) is 0 Å². The Morgan fingerprint density at radius 1 is 0.939 bits per heavy atom. The molecule has 6 N–H and O–H groups in total. The summed E-state index contributed by atoms with van der Waals surface area (Å²) >= 11 is 0. The number of nitrogens with two attached hydrogens (primary N) is 2. The van der Waals surface area contributed by atoms with E-state index in [1.807, 2.05) is 55.5 Å². The van der Waals surface area contributed by atoms with E-state index in [4.69, 9.17) is 11.5 Å². The smallest absolute Gasteiger partial charge is 0.314 e. The van der Waals surface area contributed by atoms with E-state index in [1.165, 1.54) is 6.20 Å². The van der Waals surface area contributed by atoms with Gasteiger partial charge in [0.2, 0.25) is 5.95 Å². The summed E-state index contributed by atoms with van der Waals surface area (Å²) < 4.78 is 0. The lowest BCUT2D eigenvalue weighted by atomic mass is 10.2. The van der Waals surface area contributed by atoms with Crippen LogP contribution in [0.4, 0.5) is 33.6 Å². The molecule has 1 aromatic heterocycles. The zero-order valence-electron chi connectivity index (χ0n) is 18.3. The molecule has 1 saturated heterocycles. The Kier molecular flexibility index (Phi) is 6.25. The Morgan fingerprint density at radius 3 is 2.30 bits per heavy atom. The number of anilines is 5. The van der Waals surface area contributed by atoms with Gasteiger partial charge in [-0.3, -0.25) is 4.79 Å². The van der Waals surface area contributed by atoms with Crippen molar-refractivity contribution in [1.82, 2.24) is 14.9 Å². The number of hydrogen-bond acceptors (Lipinski definition) is 7. The molecule has 0 spiro atoms. The quantitative estimate of drug-likeness (QED) is 0.456. The van der Waals surface area contributed by atoms with E-state index in [0.717, 1.165) is 35.7 Å². The van der Waals surface area contributed by atoms with Crippen molar-refractivity contribution in [2.75, 3.05) is 41.7 Å². The van der Waals surface area contributed by atoms with E-state index in [0.29, 0.717) is 24.9 Å². The highest BCUT2D eigenvalue weighted by Crippen LogP contribution is 2.24. The lowest BCUT2D eigenvalue weighted by Gasteiger charge is -2.35. The van der Waals surface area contributed by atoms with E-state index >= 15 is 0 Å². The number of benzene rings is 2. The third-order valence-electron chi connectivity index (χ3n) is 5.41. The molecule has 0 atom stereocenters. The number of rotatable bonds is 6. The number of carbonyl (C=O) groups excluding carboxylic acids is 2. The van der Waals surface area contributed by atoms with Gasteiger partial charge in [0.15, 0.2) is 0 Å². The van der Waals surface area contributed by atoms with Crippen molar-refractivity contribution >= 4 is 40.8 Å². The van der Waals surface area contributed by atoms with Crippen molar-refractivity contribution in [1.29, 1.82) is 0 Å². The van der Waals surface area contributed by atoms with Crippen LogP contribution in [0.2, 0.25) is 0 Å². The van der Waals surface area contributed by atoms with Crippen LogP contribution in [0.25, 0.3) is 0 Å². The Morgan fingerprint density at radius 2 is 1.67 bits per heavy atom. The second kappa shape index (κ2) is 9.43. The molecule has 3 aromatic rings. The molecule has 0 aliphatic carbocycles. The molecule has 0 bridgehead atoms. The first kappa shape index (κ1) is 21.9. The standard InChI is InChI=1S/C23H26N8O2/c1-15-3-2-4-17(13-15)27-21-19(20(24)32)14-26-23(29-21)28-16-5-7-18(8-6-16)30-9-11-31(12-10-30)22(25)33/h2-8,13-14H,9-12H2,1H3,(H2,24,32)(H2,25,33)(H2,26,27,28,29). The van der Waals surface area contributed by atoms with Crippen molar-refractivity contribution in [3.05, 3.63) is 65.9 Å². The second-order valence-corrected chi connectivity index (χ2v) is 7.80. The zero-order valence-corrected chi connectivity index (χ0v) is 18.3. The van der Waals surface area contributed by atoms with Crippen LogP contribution in [0.15, 0.2) is 54.7 Å². The van der Waals surface area contributed by atoms with Crippen molar-refractivity contribution in [3.8, 4) is 0 Å². The number of piperazine rings is 1. The summed E-state index contributed by atoms with van der Waals surface area (Å²) in [7, 11) is 0. The minimum absolute atomic E-state index is 0.201. The minimum Gasteiger partial charge on any atom is -0.368 e. The molecule has 10 heteroatoms. The van der Waals surface area contributed by atoms with E-state index in [2.05, 4.69) is 25.5 Å². The number of nitrogens with zero attached hydrogens (tertiary/aromatic N) is 4. The van der Waals surface area contributed by atoms with Gasteiger partial charge in [0.1, 0.15) is 11.4 Å². The zero-order chi connectivity index (χ0) is 23.4. The molecule has 2 heterocycles. The van der Waals surface area contributed by atoms with Gasteiger partial charge in [-0.25, -0.2) is 9.78 Å². The average Bonchev–Trinajstić information content (AvgIpc) is 2.80. The number of primary amides is 2. The van der Waals surface area contributed by atoms with Crippen molar-refractivity contribution in [2.45, 2.75) is 6.92 Å². The monoisotopic (exact) mass is 446 g/mol. The molecule has 0 radical (unpaired) electrons. The van der Waals surface area contributed by atoms with Gasteiger partial charge >= 0.3 is 6.03 Å². The molecule has 4 rings (SSSR count). The van der Waals surface area contributed by atoms with Gasteiger partial charge in [-0.2, -0.15) is 4.98 Å². The highest BCUT2D eigenvalue weighted by molar-refractivity contribution is 5.98. The summed E-state index contributed by atoms with van der Waals surface area (Å²) in [6.45, 7) is 4.63. The molecular formula is C23H26N8O2. The second-order valence-electron chi connectivity index (χ2n) is 7.80. The van der Waals surface area contributed by atoms with Gasteiger partial charge in [0.05, 0.1) is 0 Å². The summed E-state index contributed by atoms with van der Waals surface area (Å²) in [6.07, 6.45) is 1.41. The molecule has 1 fully saturated rings. The summed E-state index contributed by atoms with van der Waals surface area (Å²) in [4.78, 5) is 35.7. The number of aryl methyl sites for hydroxylation is 1. The molecular weight excluding hydrogens is 420 g/mol. The topological polar surface area (TPSA) is 142 Å². The Balaban J connectivity index is 1.47. The van der Waals surface area contributed by atoms with Crippen LogP contribution in [0, 0.1) is 6.92 Å². The van der Waals surface area contributed by atoms with Gasteiger partial charge in [-0.15, -0.1) is 0 Å². The summed E-state index contributed by atoms with van der Waals surface area (Å²) in [5.41, 5.74) is 14.8. The number of urea groups is 1. The summed E-state index contributed by atoms with van der Waals surface area (Å²) in [5, 5.41) is 6.31. The number of amides is 3. The maximum Gasteiger partial charge on any atom is 0.314 e. The highest BCUT2D eigenvalue weighted by Gasteiger charge is 2.19. The van der Waals surface area contributed by atoms with Crippen LogP contribution in [0.5, 0.6) is 0 Å². The summed E-state index contributed by atoms with van der Waals surface area (Å²) in [5.74, 6) is 0.0463. The van der Waals surface area contributed by atoms with E-state index < -0.39 is 5.91 Å². The third-order valence-corrected chi connectivity index (χ3v) is 5.41. The fourth-order valence-corrected chi connectivity index (χ4v) is 3.65. The van der Waals surface area contributed by atoms with Crippen LogP contribution in [-0.2, 0) is 0 Å². The van der Waals surface area contributed by atoms with Gasteiger partial charge in [-0.1, -0.05) is 12.1 Å². The van der Waals surface area contributed by atoms with E-state index in [9.17, 15) is 9.59 Å². The molecule has 1 aliphatic heterocycles.